The molecule has 0 radical (unpaired) electrons. The van der Waals surface area contributed by atoms with Gasteiger partial charge in [0.15, 0.2) is 0 Å². The van der Waals surface area contributed by atoms with Crippen LogP contribution in [0.5, 0.6) is 0 Å². The first-order valence-electron chi connectivity index (χ1n) is 5.80. The molecular formula is C14H15N3. The Labute approximate surface area is 99.7 Å². The summed E-state index contributed by atoms with van der Waals surface area (Å²) in [6.45, 7) is 4.08. The molecule has 3 nitrogen and oxygen atoms in total. The number of nitrogens with one attached hydrogen (secondary N) is 1. The molecule has 3 N–H and O–H groups in total. The summed E-state index contributed by atoms with van der Waals surface area (Å²) in [6, 6.07) is 8.29. The van der Waals surface area contributed by atoms with E-state index in [0.717, 1.165) is 22.1 Å². The first-order chi connectivity index (χ1) is 8.18. The molecule has 1 atom stereocenters. The molecule has 86 valence electrons. The number of fused-ring (bicyclic) bond motifs is 3. The Bertz CT molecular complexity index is 695. The van der Waals surface area contributed by atoms with Crippen molar-refractivity contribution in [2.45, 2.75) is 19.9 Å². The van der Waals surface area contributed by atoms with Crippen LogP contribution in [0, 0.1) is 6.92 Å². The summed E-state index contributed by atoms with van der Waals surface area (Å²) in [4.78, 5) is 7.86. The third-order valence-corrected chi connectivity index (χ3v) is 3.24. The molecule has 2 aromatic heterocycles. The number of aromatic amines is 1. The molecule has 0 bridgehead atoms. The Kier molecular flexibility index (Phi) is 2.16. The van der Waals surface area contributed by atoms with Gasteiger partial charge in [0.05, 0.1) is 11.0 Å². The first-order valence-corrected chi connectivity index (χ1v) is 5.80. The van der Waals surface area contributed by atoms with Crippen LogP contribution in [0.3, 0.4) is 0 Å². The minimum Gasteiger partial charge on any atom is -0.357 e. The zero-order valence-electron chi connectivity index (χ0n) is 9.99. The molecule has 0 saturated carbocycles. The van der Waals surface area contributed by atoms with E-state index in [-0.39, 0.29) is 6.04 Å². The third kappa shape index (κ3) is 1.43. The third-order valence-electron chi connectivity index (χ3n) is 3.24. The molecule has 3 heteroatoms. The summed E-state index contributed by atoms with van der Waals surface area (Å²) in [5.41, 5.74) is 10.5. The van der Waals surface area contributed by atoms with Crippen molar-refractivity contribution in [1.29, 1.82) is 0 Å². The lowest BCUT2D eigenvalue weighted by Crippen LogP contribution is -2.05. The predicted octanol–water partition coefficient (Wildman–Crippen LogP) is 3.04. The maximum atomic E-state index is 6.03. The molecule has 17 heavy (non-hydrogen) atoms. The molecule has 3 rings (SSSR count). The minimum atomic E-state index is 0.0323. The highest BCUT2D eigenvalue weighted by Gasteiger charge is 2.13. The van der Waals surface area contributed by atoms with Gasteiger partial charge in [-0.3, -0.25) is 4.98 Å². The number of aromatic nitrogens is 2. The largest absolute Gasteiger partial charge is 0.357 e. The number of H-pyrrole nitrogens is 1. The second-order valence-corrected chi connectivity index (χ2v) is 4.52. The first kappa shape index (κ1) is 10.3. The number of rotatable bonds is 1. The standard InChI is InChI=1S/C14H15N3/c1-8(15)12-9(2)17-14-11(12)6-5-10-4-3-7-16-13(10)14/h3-8,17H,15H2,1-2H3. The van der Waals surface area contributed by atoms with Gasteiger partial charge in [0, 0.05) is 28.7 Å². The number of pyridine rings is 1. The molecular weight excluding hydrogens is 210 g/mol. The van der Waals surface area contributed by atoms with Crippen molar-refractivity contribution in [3.63, 3.8) is 0 Å². The van der Waals surface area contributed by atoms with E-state index < -0.39 is 0 Å². The number of nitrogens with two attached hydrogens (primary N) is 1. The molecule has 0 aliphatic heterocycles. The molecule has 0 spiro atoms. The van der Waals surface area contributed by atoms with Gasteiger partial charge in [-0.2, -0.15) is 0 Å². The van der Waals surface area contributed by atoms with E-state index in [2.05, 4.69) is 35.1 Å². The SMILES string of the molecule is Cc1[nH]c2c(ccc3cccnc32)c1C(C)N. The molecule has 0 fully saturated rings. The van der Waals surface area contributed by atoms with Gasteiger partial charge in [0.2, 0.25) is 0 Å². The van der Waals surface area contributed by atoms with Crippen LogP contribution in [-0.4, -0.2) is 9.97 Å². The van der Waals surface area contributed by atoms with Crippen molar-refractivity contribution in [1.82, 2.24) is 9.97 Å². The molecule has 1 unspecified atom stereocenters. The van der Waals surface area contributed by atoms with Crippen molar-refractivity contribution < 1.29 is 0 Å². The fraction of sp³-hybridized carbons (Fsp3) is 0.214. The molecule has 2 heterocycles. The van der Waals surface area contributed by atoms with Gasteiger partial charge in [0.1, 0.15) is 0 Å². The van der Waals surface area contributed by atoms with Gasteiger partial charge >= 0.3 is 0 Å². The lowest BCUT2D eigenvalue weighted by Gasteiger charge is -2.05. The average molecular weight is 225 g/mol. The van der Waals surface area contributed by atoms with Crippen molar-refractivity contribution in [3.05, 3.63) is 41.7 Å². The zero-order chi connectivity index (χ0) is 12.0. The minimum absolute atomic E-state index is 0.0323. The second-order valence-electron chi connectivity index (χ2n) is 4.52. The number of nitrogens with zero attached hydrogens (tertiary/aromatic N) is 1. The normalized spacial score (nSPS) is 13.4. The summed E-state index contributed by atoms with van der Waals surface area (Å²) < 4.78 is 0. The molecule has 0 aliphatic rings. The highest BCUT2D eigenvalue weighted by molar-refractivity contribution is 6.04. The Morgan fingerprint density at radius 1 is 1.29 bits per heavy atom. The Morgan fingerprint density at radius 2 is 2.12 bits per heavy atom. The Morgan fingerprint density at radius 3 is 2.88 bits per heavy atom. The zero-order valence-corrected chi connectivity index (χ0v) is 9.99. The smallest absolute Gasteiger partial charge is 0.0942 e. The lowest BCUT2D eigenvalue weighted by atomic mass is 10.0. The summed E-state index contributed by atoms with van der Waals surface area (Å²) >= 11 is 0. The van der Waals surface area contributed by atoms with Gasteiger partial charge in [-0.15, -0.1) is 0 Å². The lowest BCUT2D eigenvalue weighted by molar-refractivity contribution is 0.817. The number of aryl methyl sites for hydroxylation is 1. The number of benzene rings is 1. The summed E-state index contributed by atoms with van der Waals surface area (Å²) in [6.07, 6.45) is 1.82. The fourth-order valence-electron chi connectivity index (χ4n) is 2.54. The molecule has 0 amide bonds. The highest BCUT2D eigenvalue weighted by atomic mass is 14.8. The highest BCUT2D eigenvalue weighted by Crippen LogP contribution is 2.30. The maximum absolute atomic E-state index is 6.03. The van der Waals surface area contributed by atoms with Crippen LogP contribution in [0.2, 0.25) is 0 Å². The van der Waals surface area contributed by atoms with E-state index in [9.17, 15) is 0 Å². The molecule has 1 aromatic carbocycles. The van der Waals surface area contributed by atoms with Gasteiger partial charge in [-0.05, 0) is 25.5 Å². The van der Waals surface area contributed by atoms with E-state index in [1.165, 1.54) is 10.9 Å². The predicted molar refractivity (Wildman–Crippen MR) is 70.9 cm³/mol. The number of hydrogen-bond acceptors (Lipinski definition) is 2. The second kappa shape index (κ2) is 3.57. The van der Waals surface area contributed by atoms with Crippen LogP contribution in [-0.2, 0) is 0 Å². The van der Waals surface area contributed by atoms with Crippen molar-refractivity contribution in [2.75, 3.05) is 0 Å². The topological polar surface area (TPSA) is 54.7 Å². The summed E-state index contributed by atoms with van der Waals surface area (Å²) in [7, 11) is 0. The van der Waals surface area contributed by atoms with E-state index in [1.54, 1.807) is 0 Å². The van der Waals surface area contributed by atoms with E-state index in [4.69, 9.17) is 5.73 Å². The van der Waals surface area contributed by atoms with E-state index in [1.807, 2.05) is 19.2 Å². The van der Waals surface area contributed by atoms with Crippen molar-refractivity contribution >= 4 is 21.8 Å². The molecule has 3 aromatic rings. The Hall–Kier alpha value is -1.87. The van der Waals surface area contributed by atoms with Gasteiger partial charge < -0.3 is 10.7 Å². The van der Waals surface area contributed by atoms with Crippen LogP contribution in [0.1, 0.15) is 24.2 Å². The van der Waals surface area contributed by atoms with Crippen molar-refractivity contribution in [3.8, 4) is 0 Å². The Balaban J connectivity index is 2.49. The van der Waals surface area contributed by atoms with Gasteiger partial charge in [-0.1, -0.05) is 18.2 Å². The van der Waals surface area contributed by atoms with Crippen molar-refractivity contribution in [2.24, 2.45) is 5.73 Å². The van der Waals surface area contributed by atoms with E-state index in [0.29, 0.717) is 0 Å². The average Bonchev–Trinajstić information content (AvgIpc) is 2.65. The summed E-state index contributed by atoms with van der Waals surface area (Å²) in [5, 5.41) is 2.33. The van der Waals surface area contributed by atoms with Gasteiger partial charge in [-0.25, -0.2) is 0 Å². The fourth-order valence-corrected chi connectivity index (χ4v) is 2.54. The van der Waals surface area contributed by atoms with Crippen LogP contribution in [0.25, 0.3) is 21.8 Å². The van der Waals surface area contributed by atoms with Crippen LogP contribution in [0.15, 0.2) is 30.5 Å². The number of hydrogen-bond donors (Lipinski definition) is 2. The maximum Gasteiger partial charge on any atom is 0.0942 e. The quantitative estimate of drug-likeness (QED) is 0.668. The molecule has 0 aliphatic carbocycles. The molecule has 0 saturated heterocycles. The monoisotopic (exact) mass is 225 g/mol. The van der Waals surface area contributed by atoms with Crippen LogP contribution in [0.4, 0.5) is 0 Å². The van der Waals surface area contributed by atoms with Crippen LogP contribution >= 0.6 is 0 Å². The van der Waals surface area contributed by atoms with E-state index >= 15 is 0 Å². The summed E-state index contributed by atoms with van der Waals surface area (Å²) in [5.74, 6) is 0. The van der Waals surface area contributed by atoms with Crippen LogP contribution < -0.4 is 5.73 Å². The van der Waals surface area contributed by atoms with Gasteiger partial charge in [0.25, 0.3) is 0 Å².